The van der Waals surface area contributed by atoms with E-state index in [9.17, 15) is 0 Å². The minimum atomic E-state index is 0.220. The van der Waals surface area contributed by atoms with Crippen molar-refractivity contribution in [2.24, 2.45) is 7.05 Å². The average Bonchev–Trinajstić information content (AvgIpc) is 3.13. The Morgan fingerprint density at radius 1 is 1.48 bits per heavy atom. The van der Waals surface area contributed by atoms with E-state index >= 15 is 0 Å². The van der Waals surface area contributed by atoms with Gasteiger partial charge >= 0.3 is 0 Å². The summed E-state index contributed by atoms with van der Waals surface area (Å²) < 4.78 is 11.8. The fourth-order valence-electron chi connectivity index (χ4n) is 1.76. The lowest BCUT2D eigenvalue weighted by Crippen LogP contribution is -1.94. The fourth-order valence-corrected chi connectivity index (χ4v) is 3.80. The van der Waals surface area contributed by atoms with E-state index in [1.807, 2.05) is 30.7 Å². The topological polar surface area (TPSA) is 80.5 Å². The fraction of sp³-hybridized carbons (Fsp3) is 0.167. The molecule has 0 amide bonds. The van der Waals surface area contributed by atoms with Crippen molar-refractivity contribution in [3.05, 3.63) is 28.8 Å². The summed E-state index contributed by atoms with van der Waals surface area (Å²) in [5.74, 6) is 1.48. The van der Waals surface area contributed by atoms with Crippen LogP contribution in [0.4, 0.5) is 0 Å². The Labute approximate surface area is 133 Å². The van der Waals surface area contributed by atoms with Crippen LogP contribution in [0.25, 0.3) is 11.4 Å². The molecule has 0 aliphatic rings. The second-order valence-corrected chi connectivity index (χ2v) is 6.47. The molecule has 0 aliphatic heterocycles. The Kier molecular flexibility index (Phi) is 3.71. The molecule has 0 radical (unpaired) electrons. The van der Waals surface area contributed by atoms with E-state index in [0.29, 0.717) is 20.8 Å². The van der Waals surface area contributed by atoms with Gasteiger partial charge < -0.3 is 8.98 Å². The normalized spacial score (nSPS) is 10.8. The summed E-state index contributed by atoms with van der Waals surface area (Å²) >= 11 is 8.36. The van der Waals surface area contributed by atoms with Crippen molar-refractivity contribution >= 4 is 34.9 Å². The van der Waals surface area contributed by atoms with Crippen molar-refractivity contribution in [3.63, 3.8) is 0 Å². The second kappa shape index (κ2) is 5.52. The lowest BCUT2D eigenvalue weighted by Gasteiger charge is -2.01. The van der Waals surface area contributed by atoms with Gasteiger partial charge in [0.1, 0.15) is 21.6 Å². The van der Waals surface area contributed by atoms with Crippen LogP contribution in [0.15, 0.2) is 26.1 Å². The van der Waals surface area contributed by atoms with Gasteiger partial charge in [-0.25, -0.2) is 0 Å². The number of halogens is 1. The maximum Gasteiger partial charge on any atom is 0.196 e. The number of hydrogen-bond donors (Lipinski definition) is 0. The van der Waals surface area contributed by atoms with Gasteiger partial charge in [-0.05, 0) is 36.3 Å². The Morgan fingerprint density at radius 2 is 2.29 bits per heavy atom. The summed E-state index contributed by atoms with van der Waals surface area (Å²) in [7, 11) is 1.86. The quantitative estimate of drug-likeness (QED) is 0.727. The Morgan fingerprint density at radius 3 is 2.95 bits per heavy atom. The molecule has 0 aliphatic carbocycles. The molecule has 0 spiro atoms. The first-order valence-electron chi connectivity index (χ1n) is 5.78. The minimum absolute atomic E-state index is 0.220. The molecule has 0 unspecified atom stereocenters. The van der Waals surface area contributed by atoms with Crippen LogP contribution < -0.4 is 0 Å². The van der Waals surface area contributed by atoms with Crippen molar-refractivity contribution in [1.82, 2.24) is 19.1 Å². The summed E-state index contributed by atoms with van der Waals surface area (Å²) in [6.07, 6.45) is 1.61. The van der Waals surface area contributed by atoms with Crippen LogP contribution in [-0.4, -0.2) is 19.1 Å². The molecule has 0 fully saturated rings. The smallest absolute Gasteiger partial charge is 0.196 e. The maximum atomic E-state index is 9.09. The van der Waals surface area contributed by atoms with Crippen LogP contribution >= 0.6 is 34.9 Å². The van der Waals surface area contributed by atoms with Crippen molar-refractivity contribution in [3.8, 4) is 17.5 Å². The van der Waals surface area contributed by atoms with Crippen LogP contribution in [0.5, 0.6) is 0 Å². The summed E-state index contributed by atoms with van der Waals surface area (Å²) in [5.41, 5.74) is 1.26. The first kappa shape index (κ1) is 14.1. The minimum Gasteiger partial charge on any atom is -0.469 e. The number of nitrogens with zero attached hydrogens (tertiary/aromatic N) is 5. The van der Waals surface area contributed by atoms with Gasteiger partial charge in [-0.3, -0.25) is 0 Å². The number of aryl methyl sites for hydroxylation is 1. The summed E-state index contributed by atoms with van der Waals surface area (Å²) in [4.78, 5) is 0. The van der Waals surface area contributed by atoms with Crippen molar-refractivity contribution in [2.45, 2.75) is 16.3 Å². The van der Waals surface area contributed by atoms with E-state index in [1.54, 1.807) is 6.26 Å². The number of hydrogen-bond acceptors (Lipinski definition) is 7. The molecule has 0 N–H and O–H groups in total. The molecule has 9 heteroatoms. The van der Waals surface area contributed by atoms with E-state index in [2.05, 4.69) is 14.6 Å². The van der Waals surface area contributed by atoms with Crippen LogP contribution in [-0.2, 0) is 7.05 Å². The van der Waals surface area contributed by atoms with Crippen molar-refractivity contribution in [2.75, 3.05) is 0 Å². The van der Waals surface area contributed by atoms with E-state index in [1.165, 1.54) is 23.3 Å². The SMILES string of the molecule is Cc1occc1-c1nnc(Sc2snc(Cl)c2C#N)n1C. The molecule has 21 heavy (non-hydrogen) atoms. The highest BCUT2D eigenvalue weighted by Gasteiger charge is 2.19. The highest BCUT2D eigenvalue weighted by Crippen LogP contribution is 2.36. The molecule has 106 valence electrons. The van der Waals surface area contributed by atoms with E-state index in [-0.39, 0.29) is 5.15 Å². The Balaban J connectivity index is 1.97. The Hall–Kier alpha value is -1.82. The first-order valence-corrected chi connectivity index (χ1v) is 7.75. The molecule has 3 aromatic rings. The number of furan rings is 1. The predicted octanol–water partition coefficient (Wildman–Crippen LogP) is 3.52. The van der Waals surface area contributed by atoms with Gasteiger partial charge in [0.2, 0.25) is 0 Å². The predicted molar refractivity (Wildman–Crippen MR) is 79.4 cm³/mol. The maximum absolute atomic E-state index is 9.09. The summed E-state index contributed by atoms with van der Waals surface area (Å²) in [6.45, 7) is 1.87. The molecule has 3 rings (SSSR count). The third kappa shape index (κ3) is 2.44. The van der Waals surface area contributed by atoms with E-state index in [4.69, 9.17) is 21.3 Å². The highest BCUT2D eigenvalue weighted by molar-refractivity contribution is 8.01. The lowest BCUT2D eigenvalue weighted by molar-refractivity contribution is 0.534. The molecule has 3 aromatic heterocycles. The monoisotopic (exact) mass is 337 g/mol. The van der Waals surface area contributed by atoms with Crippen LogP contribution in [0, 0.1) is 18.3 Å². The first-order chi connectivity index (χ1) is 10.1. The van der Waals surface area contributed by atoms with Crippen LogP contribution in [0.1, 0.15) is 11.3 Å². The number of aromatic nitrogens is 4. The molecular weight excluding hydrogens is 330 g/mol. The number of rotatable bonds is 3. The zero-order valence-electron chi connectivity index (χ0n) is 11.0. The molecular formula is C12H8ClN5OS2. The molecule has 0 bridgehead atoms. The van der Waals surface area contributed by atoms with Gasteiger partial charge in [0.25, 0.3) is 0 Å². The molecule has 3 heterocycles. The van der Waals surface area contributed by atoms with Gasteiger partial charge in [0.15, 0.2) is 16.1 Å². The van der Waals surface area contributed by atoms with Crippen LogP contribution in [0.2, 0.25) is 5.15 Å². The number of nitriles is 1. The lowest BCUT2D eigenvalue weighted by atomic mass is 10.2. The third-order valence-corrected chi connectivity index (χ3v) is 5.27. The second-order valence-electron chi connectivity index (χ2n) is 4.11. The molecule has 0 atom stereocenters. The van der Waals surface area contributed by atoms with E-state index in [0.717, 1.165) is 11.3 Å². The van der Waals surface area contributed by atoms with Gasteiger partial charge in [-0.1, -0.05) is 11.6 Å². The van der Waals surface area contributed by atoms with Crippen molar-refractivity contribution < 1.29 is 4.42 Å². The highest BCUT2D eigenvalue weighted by atomic mass is 35.5. The molecule has 6 nitrogen and oxygen atoms in total. The van der Waals surface area contributed by atoms with Gasteiger partial charge in [-0.15, -0.1) is 10.2 Å². The largest absolute Gasteiger partial charge is 0.469 e. The average molecular weight is 338 g/mol. The molecule has 0 saturated heterocycles. The standard InChI is InChI=1S/C12H8ClN5OS2/c1-6-7(3-4-19-6)10-15-16-12(18(10)2)20-11-8(5-14)9(13)17-21-11/h3-4H,1-2H3. The summed E-state index contributed by atoms with van der Waals surface area (Å²) in [5, 5.41) is 18.3. The van der Waals surface area contributed by atoms with Gasteiger partial charge in [-0.2, -0.15) is 9.64 Å². The molecule has 0 aromatic carbocycles. The zero-order valence-corrected chi connectivity index (χ0v) is 13.4. The van der Waals surface area contributed by atoms with E-state index < -0.39 is 0 Å². The van der Waals surface area contributed by atoms with Crippen molar-refractivity contribution in [1.29, 1.82) is 5.26 Å². The third-order valence-electron chi connectivity index (χ3n) is 2.85. The zero-order chi connectivity index (χ0) is 15.0. The van der Waals surface area contributed by atoms with Crippen LogP contribution in [0.3, 0.4) is 0 Å². The summed E-state index contributed by atoms with van der Waals surface area (Å²) in [6, 6.07) is 3.90. The Bertz CT molecular complexity index is 844. The van der Waals surface area contributed by atoms with Gasteiger partial charge in [0.05, 0.1) is 11.8 Å². The molecule has 0 saturated carbocycles. The van der Waals surface area contributed by atoms with Gasteiger partial charge in [0, 0.05) is 7.05 Å².